The van der Waals surface area contributed by atoms with Gasteiger partial charge in [-0.2, -0.15) is 0 Å². The summed E-state index contributed by atoms with van der Waals surface area (Å²) < 4.78 is 0.500. The van der Waals surface area contributed by atoms with Crippen LogP contribution in [0.1, 0.15) is 6.92 Å². The molecule has 0 aliphatic carbocycles. The summed E-state index contributed by atoms with van der Waals surface area (Å²) in [5, 5.41) is 2.96. The molecule has 36 valence electrons. The third-order valence-corrected chi connectivity index (χ3v) is 0.707. The minimum atomic E-state index is 0.500. The van der Waals surface area contributed by atoms with Crippen LogP contribution in [0.3, 0.4) is 0 Å². The quantitative estimate of drug-likeness (QED) is 0.401. The molecule has 0 saturated carbocycles. The lowest BCUT2D eigenvalue weighted by Gasteiger charge is -1.97. The lowest BCUT2D eigenvalue weighted by atomic mass is 10.7. The third kappa shape index (κ3) is 4.27. The normalized spacial score (nSPS) is 13.0. The van der Waals surface area contributed by atoms with Crippen LogP contribution in [0, 0.1) is 0 Å². The fraction of sp³-hybridized carbons (Fsp3) is 0.500. The van der Waals surface area contributed by atoms with Crippen LogP contribution >= 0.6 is 22.6 Å². The summed E-state index contributed by atoms with van der Waals surface area (Å²) in [5.74, 6) is 0. The zero-order valence-corrected chi connectivity index (χ0v) is 5.90. The van der Waals surface area contributed by atoms with E-state index in [1.165, 1.54) is 0 Å². The molecule has 1 N–H and O–H groups in total. The minimum Gasteiger partial charge on any atom is -0.380 e. The zero-order valence-electron chi connectivity index (χ0n) is 3.74. The highest BCUT2D eigenvalue weighted by Crippen LogP contribution is 1.89. The van der Waals surface area contributed by atoms with Gasteiger partial charge in [0, 0.05) is 0 Å². The molecule has 0 spiro atoms. The molecule has 1 atom stereocenters. The van der Waals surface area contributed by atoms with Crippen molar-refractivity contribution in [3.8, 4) is 0 Å². The minimum absolute atomic E-state index is 0.500. The molecule has 2 heteroatoms. The predicted octanol–water partition coefficient (Wildman–Crippen LogP) is 1.50. The topological polar surface area (TPSA) is 12.0 Å². The Morgan fingerprint density at radius 1 is 2.00 bits per heavy atom. The number of alkyl halides is 1. The first kappa shape index (κ1) is 6.27. The second-order valence-electron chi connectivity index (χ2n) is 0.987. The second-order valence-corrected chi connectivity index (χ2v) is 2.86. The van der Waals surface area contributed by atoms with Gasteiger partial charge in [-0.3, -0.25) is 0 Å². The molecule has 0 bridgehead atoms. The molecule has 0 aliphatic heterocycles. The van der Waals surface area contributed by atoms with Crippen molar-refractivity contribution in [2.75, 3.05) is 0 Å². The van der Waals surface area contributed by atoms with Crippen molar-refractivity contribution >= 4 is 22.6 Å². The molecule has 6 heavy (non-hydrogen) atoms. The maximum atomic E-state index is 3.48. The summed E-state index contributed by atoms with van der Waals surface area (Å²) in [6.45, 7) is 5.54. The first-order chi connectivity index (χ1) is 2.77. The van der Waals surface area contributed by atoms with Gasteiger partial charge in [0.25, 0.3) is 0 Å². The Bertz CT molecular complexity index is 42.8. The van der Waals surface area contributed by atoms with Gasteiger partial charge in [-0.25, -0.2) is 0 Å². The molecule has 0 aromatic rings. The van der Waals surface area contributed by atoms with Gasteiger partial charge in [-0.05, 0) is 13.1 Å². The van der Waals surface area contributed by atoms with E-state index in [9.17, 15) is 0 Å². The Morgan fingerprint density at radius 2 is 2.50 bits per heavy atom. The molecular formula is C4H8IN. The number of hydrogen-bond donors (Lipinski definition) is 1. The molecule has 1 nitrogen and oxygen atoms in total. The number of rotatable bonds is 2. The standard InChI is InChI=1S/C4H8IN/c1-3-6-4(2)5/h3-4,6H,1H2,2H3. The lowest BCUT2D eigenvalue weighted by Crippen LogP contribution is -2.10. The van der Waals surface area contributed by atoms with Crippen molar-refractivity contribution in [1.82, 2.24) is 5.32 Å². The summed E-state index contributed by atoms with van der Waals surface area (Å²) >= 11 is 2.26. The van der Waals surface area contributed by atoms with Crippen LogP contribution < -0.4 is 5.32 Å². The fourth-order valence-corrected chi connectivity index (χ4v) is 0.417. The molecule has 0 aliphatic rings. The van der Waals surface area contributed by atoms with Crippen LogP contribution in [0.5, 0.6) is 0 Å². The summed E-state index contributed by atoms with van der Waals surface area (Å²) in [7, 11) is 0. The Morgan fingerprint density at radius 3 is 2.50 bits per heavy atom. The third-order valence-electron chi connectivity index (χ3n) is 0.348. The van der Waals surface area contributed by atoms with E-state index >= 15 is 0 Å². The van der Waals surface area contributed by atoms with Gasteiger partial charge >= 0.3 is 0 Å². The summed E-state index contributed by atoms with van der Waals surface area (Å²) in [6, 6.07) is 0. The van der Waals surface area contributed by atoms with Gasteiger partial charge < -0.3 is 5.32 Å². The first-order valence-corrected chi connectivity index (χ1v) is 3.03. The fourth-order valence-electron chi connectivity index (χ4n) is 0.162. The van der Waals surface area contributed by atoms with Crippen molar-refractivity contribution in [3.63, 3.8) is 0 Å². The van der Waals surface area contributed by atoms with Crippen molar-refractivity contribution in [3.05, 3.63) is 12.8 Å². The van der Waals surface area contributed by atoms with E-state index < -0.39 is 0 Å². The Kier molecular flexibility index (Phi) is 3.62. The summed E-state index contributed by atoms with van der Waals surface area (Å²) in [6.07, 6.45) is 1.69. The Labute approximate surface area is 52.0 Å². The van der Waals surface area contributed by atoms with Crippen LogP contribution in [0.4, 0.5) is 0 Å². The second kappa shape index (κ2) is 3.46. The highest BCUT2D eigenvalue weighted by Gasteiger charge is 1.81. The van der Waals surface area contributed by atoms with E-state index in [0.29, 0.717) is 4.05 Å². The maximum absolute atomic E-state index is 3.48. The SMILES string of the molecule is C=CNC(C)I. The van der Waals surface area contributed by atoms with E-state index in [2.05, 4.69) is 41.4 Å². The van der Waals surface area contributed by atoms with Crippen molar-refractivity contribution < 1.29 is 0 Å². The molecule has 0 rings (SSSR count). The molecule has 0 radical (unpaired) electrons. The molecule has 0 saturated heterocycles. The molecular weight excluding hydrogens is 189 g/mol. The van der Waals surface area contributed by atoms with Crippen molar-refractivity contribution in [2.24, 2.45) is 0 Å². The highest BCUT2D eigenvalue weighted by atomic mass is 127. The Hall–Kier alpha value is 0.270. The predicted molar refractivity (Wildman–Crippen MR) is 36.8 cm³/mol. The molecule has 0 amide bonds. The highest BCUT2D eigenvalue weighted by molar-refractivity contribution is 14.1. The average molecular weight is 197 g/mol. The van der Waals surface area contributed by atoms with Crippen LogP contribution in [0.15, 0.2) is 12.8 Å². The first-order valence-electron chi connectivity index (χ1n) is 1.78. The lowest BCUT2D eigenvalue weighted by molar-refractivity contribution is 0.890. The van der Waals surface area contributed by atoms with E-state index in [4.69, 9.17) is 0 Å². The van der Waals surface area contributed by atoms with Gasteiger partial charge in [0.1, 0.15) is 0 Å². The Balaban J connectivity index is 2.81. The largest absolute Gasteiger partial charge is 0.380 e. The number of hydrogen-bond acceptors (Lipinski definition) is 1. The zero-order chi connectivity index (χ0) is 4.99. The van der Waals surface area contributed by atoms with Gasteiger partial charge in [-0.1, -0.05) is 29.2 Å². The molecule has 0 aromatic carbocycles. The molecule has 0 fully saturated rings. The van der Waals surface area contributed by atoms with Crippen molar-refractivity contribution in [1.29, 1.82) is 0 Å². The average Bonchev–Trinajstić information content (AvgIpc) is 1.35. The molecule has 0 heterocycles. The van der Waals surface area contributed by atoms with E-state index in [0.717, 1.165) is 0 Å². The maximum Gasteiger partial charge on any atom is 0.0747 e. The van der Waals surface area contributed by atoms with Gasteiger partial charge in [0.05, 0.1) is 4.05 Å². The van der Waals surface area contributed by atoms with Gasteiger partial charge in [-0.15, -0.1) is 0 Å². The molecule has 1 unspecified atom stereocenters. The van der Waals surface area contributed by atoms with Gasteiger partial charge in [0.15, 0.2) is 0 Å². The van der Waals surface area contributed by atoms with E-state index in [-0.39, 0.29) is 0 Å². The monoisotopic (exact) mass is 197 g/mol. The smallest absolute Gasteiger partial charge is 0.0747 e. The number of halogens is 1. The van der Waals surface area contributed by atoms with Crippen LogP contribution in [0.2, 0.25) is 0 Å². The molecule has 0 aromatic heterocycles. The van der Waals surface area contributed by atoms with E-state index in [1.54, 1.807) is 6.20 Å². The van der Waals surface area contributed by atoms with Crippen LogP contribution in [0.25, 0.3) is 0 Å². The summed E-state index contributed by atoms with van der Waals surface area (Å²) in [4.78, 5) is 0. The van der Waals surface area contributed by atoms with Crippen LogP contribution in [-0.4, -0.2) is 4.05 Å². The van der Waals surface area contributed by atoms with E-state index in [1.807, 2.05) is 0 Å². The van der Waals surface area contributed by atoms with Gasteiger partial charge in [0.2, 0.25) is 0 Å². The van der Waals surface area contributed by atoms with Crippen molar-refractivity contribution in [2.45, 2.75) is 11.0 Å². The summed E-state index contributed by atoms with van der Waals surface area (Å²) in [5.41, 5.74) is 0. The number of nitrogens with one attached hydrogen (secondary N) is 1. The van der Waals surface area contributed by atoms with Crippen LogP contribution in [-0.2, 0) is 0 Å².